The summed E-state index contributed by atoms with van der Waals surface area (Å²) in [5, 5.41) is 11.5. The first kappa shape index (κ1) is 15.7. The Balaban J connectivity index is 2.49. The summed E-state index contributed by atoms with van der Waals surface area (Å²) in [5.74, 6) is -1.36. The average molecular weight is 328 g/mol. The Kier molecular flexibility index (Phi) is 6.02. The second-order valence-electron chi connectivity index (χ2n) is 4.76. The summed E-state index contributed by atoms with van der Waals surface area (Å²) in [6.07, 6.45) is 0.878. The third-order valence-corrected chi connectivity index (χ3v) is 3.27. The Hall–Kier alpha value is -1.36. The van der Waals surface area contributed by atoms with Crippen molar-refractivity contribution < 1.29 is 14.7 Å². The number of hydrogen-bond donors (Lipinski definition) is 2. The molecule has 0 unspecified atom stereocenters. The monoisotopic (exact) mass is 327 g/mol. The van der Waals surface area contributed by atoms with E-state index in [4.69, 9.17) is 5.11 Å². The molecule has 2 N–H and O–H groups in total. The maximum absolute atomic E-state index is 11.7. The van der Waals surface area contributed by atoms with Crippen molar-refractivity contribution in [3.8, 4) is 0 Å². The van der Waals surface area contributed by atoms with Crippen molar-refractivity contribution in [2.24, 2.45) is 5.92 Å². The molecule has 0 aliphatic rings. The van der Waals surface area contributed by atoms with E-state index >= 15 is 0 Å². The minimum atomic E-state index is -0.995. The van der Waals surface area contributed by atoms with Crippen molar-refractivity contribution in [1.29, 1.82) is 0 Å². The number of aryl methyl sites for hydroxylation is 1. The Morgan fingerprint density at radius 3 is 2.58 bits per heavy atom. The molecular formula is C14H18BrNO3. The Labute approximate surface area is 121 Å². The lowest BCUT2D eigenvalue weighted by molar-refractivity contribution is -0.143. The van der Waals surface area contributed by atoms with E-state index in [1.165, 1.54) is 0 Å². The van der Waals surface area contributed by atoms with Crippen LogP contribution in [0.4, 0.5) is 0 Å². The van der Waals surface area contributed by atoms with Crippen LogP contribution < -0.4 is 5.32 Å². The summed E-state index contributed by atoms with van der Waals surface area (Å²) < 4.78 is 0.969. The van der Waals surface area contributed by atoms with Gasteiger partial charge in [0.1, 0.15) is 6.04 Å². The number of aliphatic carboxylic acids is 1. The SMILES string of the molecule is CC(C)[C@@H](NC(=O)CCc1cccc(Br)c1)C(=O)O. The highest BCUT2D eigenvalue weighted by molar-refractivity contribution is 9.10. The molecule has 4 nitrogen and oxygen atoms in total. The van der Waals surface area contributed by atoms with Crippen LogP contribution in [0.25, 0.3) is 0 Å². The molecule has 1 amide bonds. The largest absolute Gasteiger partial charge is 0.480 e. The maximum Gasteiger partial charge on any atom is 0.326 e. The quantitative estimate of drug-likeness (QED) is 0.844. The fraction of sp³-hybridized carbons (Fsp3) is 0.429. The summed E-state index contributed by atoms with van der Waals surface area (Å²) in [6.45, 7) is 3.54. The summed E-state index contributed by atoms with van der Waals surface area (Å²) in [5.41, 5.74) is 1.04. The van der Waals surface area contributed by atoms with E-state index in [0.29, 0.717) is 6.42 Å². The number of amides is 1. The average Bonchev–Trinajstić information content (AvgIpc) is 2.32. The van der Waals surface area contributed by atoms with Crippen LogP contribution in [-0.4, -0.2) is 23.0 Å². The molecule has 0 spiro atoms. The molecular weight excluding hydrogens is 310 g/mol. The molecule has 104 valence electrons. The smallest absolute Gasteiger partial charge is 0.326 e. The van der Waals surface area contributed by atoms with Crippen LogP contribution in [0.1, 0.15) is 25.8 Å². The topological polar surface area (TPSA) is 66.4 Å². The van der Waals surface area contributed by atoms with E-state index in [0.717, 1.165) is 10.0 Å². The molecule has 0 saturated carbocycles. The molecule has 0 aromatic heterocycles. The predicted octanol–water partition coefficient (Wildman–Crippen LogP) is 2.61. The van der Waals surface area contributed by atoms with Crippen LogP contribution in [0.2, 0.25) is 0 Å². The van der Waals surface area contributed by atoms with Crippen LogP contribution in [-0.2, 0) is 16.0 Å². The van der Waals surface area contributed by atoms with Gasteiger partial charge in [0.15, 0.2) is 0 Å². The lowest BCUT2D eigenvalue weighted by Gasteiger charge is -2.17. The first-order valence-electron chi connectivity index (χ1n) is 6.16. The van der Waals surface area contributed by atoms with Crippen molar-refractivity contribution in [2.75, 3.05) is 0 Å². The van der Waals surface area contributed by atoms with Gasteiger partial charge in [0.25, 0.3) is 0 Å². The van der Waals surface area contributed by atoms with Gasteiger partial charge in [-0.1, -0.05) is 41.9 Å². The van der Waals surface area contributed by atoms with Gasteiger partial charge in [-0.3, -0.25) is 4.79 Å². The van der Waals surface area contributed by atoms with E-state index in [1.807, 2.05) is 24.3 Å². The molecule has 0 radical (unpaired) electrons. The number of carbonyl (C=O) groups excluding carboxylic acids is 1. The van der Waals surface area contributed by atoms with Crippen molar-refractivity contribution in [3.63, 3.8) is 0 Å². The van der Waals surface area contributed by atoms with Crippen LogP contribution in [0.15, 0.2) is 28.7 Å². The normalized spacial score (nSPS) is 12.2. The van der Waals surface area contributed by atoms with Gasteiger partial charge in [-0.15, -0.1) is 0 Å². The molecule has 1 atom stereocenters. The van der Waals surface area contributed by atoms with E-state index in [2.05, 4.69) is 21.2 Å². The van der Waals surface area contributed by atoms with Gasteiger partial charge in [-0.25, -0.2) is 4.79 Å². The molecule has 0 saturated heterocycles. The van der Waals surface area contributed by atoms with Crippen LogP contribution in [0.5, 0.6) is 0 Å². The van der Waals surface area contributed by atoms with Crippen molar-refractivity contribution >= 4 is 27.8 Å². The van der Waals surface area contributed by atoms with Gasteiger partial charge in [-0.2, -0.15) is 0 Å². The highest BCUT2D eigenvalue weighted by Crippen LogP contribution is 2.13. The Morgan fingerprint density at radius 2 is 2.05 bits per heavy atom. The van der Waals surface area contributed by atoms with E-state index in [9.17, 15) is 9.59 Å². The van der Waals surface area contributed by atoms with E-state index in [-0.39, 0.29) is 18.2 Å². The third kappa shape index (κ3) is 5.42. The first-order valence-corrected chi connectivity index (χ1v) is 6.96. The zero-order valence-corrected chi connectivity index (χ0v) is 12.6. The third-order valence-electron chi connectivity index (χ3n) is 2.78. The number of rotatable bonds is 6. The minimum Gasteiger partial charge on any atom is -0.480 e. The molecule has 0 aliphatic carbocycles. The van der Waals surface area contributed by atoms with Crippen LogP contribution >= 0.6 is 15.9 Å². The molecule has 5 heteroatoms. The van der Waals surface area contributed by atoms with Crippen molar-refractivity contribution in [2.45, 2.75) is 32.7 Å². The highest BCUT2D eigenvalue weighted by atomic mass is 79.9. The van der Waals surface area contributed by atoms with Gasteiger partial charge in [0.2, 0.25) is 5.91 Å². The first-order chi connectivity index (χ1) is 8.90. The molecule has 0 aliphatic heterocycles. The summed E-state index contributed by atoms with van der Waals surface area (Å²) in [7, 11) is 0. The fourth-order valence-electron chi connectivity index (χ4n) is 1.71. The van der Waals surface area contributed by atoms with Gasteiger partial charge >= 0.3 is 5.97 Å². The number of carboxylic acid groups (broad SMARTS) is 1. The molecule has 19 heavy (non-hydrogen) atoms. The van der Waals surface area contributed by atoms with Gasteiger partial charge in [-0.05, 0) is 30.0 Å². The van der Waals surface area contributed by atoms with Crippen LogP contribution in [0, 0.1) is 5.92 Å². The standard InChI is InChI=1S/C14H18BrNO3/c1-9(2)13(14(18)19)16-12(17)7-6-10-4-3-5-11(15)8-10/h3-5,8-9,13H,6-7H2,1-2H3,(H,16,17)(H,18,19)/t13-/m1/s1. The highest BCUT2D eigenvalue weighted by Gasteiger charge is 2.22. The zero-order valence-electron chi connectivity index (χ0n) is 11.0. The number of carboxylic acids is 1. The number of carbonyl (C=O) groups is 2. The number of hydrogen-bond acceptors (Lipinski definition) is 2. The number of nitrogens with one attached hydrogen (secondary N) is 1. The lowest BCUT2D eigenvalue weighted by atomic mass is 10.0. The van der Waals surface area contributed by atoms with Crippen molar-refractivity contribution in [1.82, 2.24) is 5.32 Å². The predicted molar refractivity (Wildman–Crippen MR) is 76.9 cm³/mol. The molecule has 1 aromatic rings. The summed E-state index contributed by atoms with van der Waals surface area (Å²) in [4.78, 5) is 22.7. The minimum absolute atomic E-state index is 0.132. The second kappa shape index (κ2) is 7.28. The second-order valence-corrected chi connectivity index (χ2v) is 5.67. The number of halogens is 1. The molecule has 1 aromatic carbocycles. The molecule has 1 rings (SSSR count). The molecule has 0 heterocycles. The van der Waals surface area contributed by atoms with Crippen LogP contribution in [0.3, 0.4) is 0 Å². The Bertz CT molecular complexity index is 460. The summed E-state index contributed by atoms with van der Waals surface area (Å²) in [6, 6.07) is 6.89. The van der Waals surface area contributed by atoms with Gasteiger partial charge < -0.3 is 10.4 Å². The maximum atomic E-state index is 11.7. The molecule has 0 fully saturated rings. The molecule has 0 bridgehead atoms. The van der Waals surface area contributed by atoms with E-state index in [1.54, 1.807) is 13.8 Å². The zero-order chi connectivity index (χ0) is 14.4. The van der Waals surface area contributed by atoms with Gasteiger partial charge in [0, 0.05) is 10.9 Å². The lowest BCUT2D eigenvalue weighted by Crippen LogP contribution is -2.44. The fourth-order valence-corrected chi connectivity index (χ4v) is 2.16. The van der Waals surface area contributed by atoms with Gasteiger partial charge in [0.05, 0.1) is 0 Å². The summed E-state index contributed by atoms with van der Waals surface area (Å²) >= 11 is 3.37. The Morgan fingerprint density at radius 1 is 1.37 bits per heavy atom. The van der Waals surface area contributed by atoms with Crippen molar-refractivity contribution in [3.05, 3.63) is 34.3 Å². The van der Waals surface area contributed by atoms with E-state index < -0.39 is 12.0 Å². The number of benzene rings is 1.